The first-order chi connectivity index (χ1) is 14.4. The molecule has 0 fully saturated rings. The molecule has 2 aromatic carbocycles. The van der Waals surface area contributed by atoms with Crippen LogP contribution in [0.1, 0.15) is 21.5 Å². The molecule has 0 radical (unpaired) electrons. The van der Waals surface area contributed by atoms with E-state index in [1.165, 1.54) is 31.4 Å². The number of phenolic OH excluding ortho intramolecular Hbond substituents is 1. The molecule has 2 aromatic rings. The van der Waals surface area contributed by atoms with E-state index < -0.39 is 17.8 Å². The first-order valence-electron chi connectivity index (χ1n) is 8.91. The number of carbonyl (C=O) groups is 3. The van der Waals surface area contributed by atoms with Gasteiger partial charge in [-0.1, -0.05) is 40.2 Å². The van der Waals surface area contributed by atoms with E-state index in [-0.39, 0.29) is 24.5 Å². The van der Waals surface area contributed by atoms with E-state index in [1.807, 2.05) is 24.3 Å². The van der Waals surface area contributed by atoms with E-state index in [2.05, 4.69) is 15.9 Å². The van der Waals surface area contributed by atoms with Gasteiger partial charge in [0.05, 0.1) is 7.11 Å². The minimum atomic E-state index is -0.715. The van der Waals surface area contributed by atoms with Gasteiger partial charge in [0.25, 0.3) is 11.8 Å². The Morgan fingerprint density at radius 1 is 1.13 bits per heavy atom. The van der Waals surface area contributed by atoms with Crippen LogP contribution in [0.4, 0.5) is 0 Å². The molecule has 0 aromatic heterocycles. The van der Waals surface area contributed by atoms with Crippen molar-refractivity contribution in [1.82, 2.24) is 4.90 Å². The smallest absolute Gasteiger partial charge is 0.342 e. The number of ether oxygens (including phenoxy) is 2. The van der Waals surface area contributed by atoms with E-state index in [4.69, 9.17) is 9.47 Å². The Morgan fingerprint density at radius 2 is 1.80 bits per heavy atom. The molecular weight excluding hydrogens is 454 g/mol. The van der Waals surface area contributed by atoms with Crippen molar-refractivity contribution >= 4 is 39.8 Å². The van der Waals surface area contributed by atoms with Gasteiger partial charge in [-0.2, -0.15) is 0 Å². The minimum Gasteiger partial charge on any atom is -0.507 e. The third-order valence-corrected chi connectivity index (χ3v) is 4.86. The zero-order valence-corrected chi connectivity index (χ0v) is 17.6. The molecule has 1 N–H and O–H groups in total. The van der Waals surface area contributed by atoms with Crippen molar-refractivity contribution in [2.45, 2.75) is 6.61 Å². The second-order valence-electron chi connectivity index (χ2n) is 6.34. The highest BCUT2D eigenvalue weighted by Crippen LogP contribution is 2.30. The summed E-state index contributed by atoms with van der Waals surface area (Å²) >= 11 is 3.34. The molecule has 8 heteroatoms. The number of esters is 1. The molecular formula is C22H18BrNO6. The maximum Gasteiger partial charge on any atom is 0.342 e. The lowest BCUT2D eigenvalue weighted by Gasteiger charge is -2.13. The molecule has 0 unspecified atom stereocenters. The summed E-state index contributed by atoms with van der Waals surface area (Å²) in [6.07, 6.45) is 5.46. The normalized spacial score (nSPS) is 13.3. The van der Waals surface area contributed by atoms with E-state index >= 15 is 0 Å². The molecule has 0 spiro atoms. The Hall–Kier alpha value is -3.39. The van der Waals surface area contributed by atoms with E-state index in [1.54, 1.807) is 12.1 Å². The molecule has 1 heterocycles. The van der Waals surface area contributed by atoms with Gasteiger partial charge >= 0.3 is 5.97 Å². The second-order valence-corrected chi connectivity index (χ2v) is 7.25. The predicted octanol–water partition coefficient (Wildman–Crippen LogP) is 3.46. The van der Waals surface area contributed by atoms with E-state index in [0.717, 1.165) is 14.9 Å². The van der Waals surface area contributed by atoms with Crippen LogP contribution in [-0.4, -0.2) is 41.4 Å². The fourth-order valence-electron chi connectivity index (χ4n) is 2.79. The lowest BCUT2D eigenvalue weighted by Crippen LogP contribution is -2.29. The number of halogens is 1. The zero-order valence-electron chi connectivity index (χ0n) is 16.0. The summed E-state index contributed by atoms with van der Waals surface area (Å²) in [6, 6.07) is 10.1. The average Bonchev–Trinajstić information content (AvgIpc) is 3.05. The zero-order chi connectivity index (χ0) is 21.7. The Bertz CT molecular complexity index is 1020. The van der Waals surface area contributed by atoms with Gasteiger partial charge < -0.3 is 14.6 Å². The number of imide groups is 1. The summed E-state index contributed by atoms with van der Waals surface area (Å²) in [5, 5.41) is 10.4. The Morgan fingerprint density at radius 3 is 2.43 bits per heavy atom. The van der Waals surface area contributed by atoms with Crippen molar-refractivity contribution in [3.8, 4) is 11.5 Å². The van der Waals surface area contributed by atoms with Crippen molar-refractivity contribution in [2.75, 3.05) is 13.7 Å². The van der Waals surface area contributed by atoms with Gasteiger partial charge in [0.15, 0.2) is 0 Å². The molecule has 0 saturated carbocycles. The van der Waals surface area contributed by atoms with Crippen LogP contribution in [0.25, 0.3) is 6.08 Å². The summed E-state index contributed by atoms with van der Waals surface area (Å²) in [5.41, 5.74) is 1.08. The monoisotopic (exact) mass is 471 g/mol. The number of carbonyl (C=O) groups excluding carboxylic acids is 3. The minimum absolute atomic E-state index is 0.0238. The van der Waals surface area contributed by atoms with Gasteiger partial charge in [0, 0.05) is 29.2 Å². The van der Waals surface area contributed by atoms with Crippen LogP contribution in [0.15, 0.2) is 59.1 Å². The van der Waals surface area contributed by atoms with Crippen molar-refractivity contribution in [3.63, 3.8) is 0 Å². The number of phenols is 1. The quantitative estimate of drug-likeness (QED) is 0.490. The Kier molecular flexibility index (Phi) is 6.68. The highest BCUT2D eigenvalue weighted by Gasteiger charge is 2.22. The van der Waals surface area contributed by atoms with Crippen molar-refractivity contribution in [1.29, 1.82) is 0 Å². The van der Waals surface area contributed by atoms with Gasteiger partial charge in [-0.3, -0.25) is 14.5 Å². The fraction of sp³-hybridized carbons (Fsp3) is 0.136. The largest absolute Gasteiger partial charge is 0.507 e. The molecule has 0 saturated heterocycles. The molecule has 154 valence electrons. The van der Waals surface area contributed by atoms with Crippen LogP contribution in [-0.2, 0) is 20.9 Å². The number of nitrogens with zero attached hydrogens (tertiary/aromatic N) is 1. The maximum absolute atomic E-state index is 12.7. The summed E-state index contributed by atoms with van der Waals surface area (Å²) in [7, 11) is 1.43. The third kappa shape index (κ3) is 4.96. The number of methoxy groups -OCH3 is 1. The molecule has 0 atom stereocenters. The molecule has 3 rings (SSSR count). The number of hydrogen-bond acceptors (Lipinski definition) is 6. The third-order valence-electron chi connectivity index (χ3n) is 4.33. The second kappa shape index (κ2) is 9.41. The van der Waals surface area contributed by atoms with Gasteiger partial charge in [0.1, 0.15) is 23.7 Å². The molecule has 0 bridgehead atoms. The van der Waals surface area contributed by atoms with Crippen LogP contribution < -0.4 is 4.74 Å². The molecule has 1 aliphatic heterocycles. The summed E-state index contributed by atoms with van der Waals surface area (Å²) in [6.45, 7) is 0.0548. The first-order valence-corrected chi connectivity index (χ1v) is 9.71. The summed E-state index contributed by atoms with van der Waals surface area (Å²) in [5.74, 6) is -1.50. The fourth-order valence-corrected chi connectivity index (χ4v) is 3.06. The van der Waals surface area contributed by atoms with Crippen LogP contribution in [0, 0.1) is 0 Å². The van der Waals surface area contributed by atoms with Gasteiger partial charge in [0.2, 0.25) is 0 Å². The Balaban J connectivity index is 1.79. The van der Waals surface area contributed by atoms with Crippen LogP contribution in [0.2, 0.25) is 0 Å². The van der Waals surface area contributed by atoms with Crippen LogP contribution >= 0.6 is 15.9 Å². The lowest BCUT2D eigenvalue weighted by atomic mass is 10.0. The maximum atomic E-state index is 12.7. The topological polar surface area (TPSA) is 93.1 Å². The van der Waals surface area contributed by atoms with E-state index in [9.17, 15) is 19.5 Å². The first kappa shape index (κ1) is 21.3. The number of aromatic hydroxyl groups is 1. The van der Waals surface area contributed by atoms with Gasteiger partial charge in [-0.25, -0.2) is 4.79 Å². The van der Waals surface area contributed by atoms with Crippen molar-refractivity contribution < 1.29 is 29.0 Å². The molecule has 2 amide bonds. The number of benzene rings is 2. The molecule has 7 nitrogen and oxygen atoms in total. The average molecular weight is 472 g/mol. The SMILES string of the molecule is COc1cc(O)c(C(=O)OCc2ccc(Br)cc2)c(C=CCN2C(=O)C=CC2=O)c1. The molecule has 0 aliphatic carbocycles. The molecule has 30 heavy (non-hydrogen) atoms. The van der Waals surface area contributed by atoms with Crippen molar-refractivity contribution in [3.05, 3.63) is 75.8 Å². The number of rotatable bonds is 7. The Labute approximate surface area is 181 Å². The standard InChI is InChI=1S/C22H18BrNO6/c1-29-17-11-15(3-2-10-24-19(26)8-9-20(24)27)21(18(25)12-17)22(28)30-13-14-4-6-16(23)7-5-14/h2-9,11-12,25H,10,13H2,1H3. The number of hydrogen-bond donors (Lipinski definition) is 1. The van der Waals surface area contributed by atoms with Gasteiger partial charge in [-0.15, -0.1) is 0 Å². The summed E-state index contributed by atoms with van der Waals surface area (Å²) in [4.78, 5) is 37.0. The molecule has 1 aliphatic rings. The number of amides is 2. The summed E-state index contributed by atoms with van der Waals surface area (Å²) < 4.78 is 11.4. The van der Waals surface area contributed by atoms with Gasteiger partial charge in [-0.05, 0) is 29.3 Å². The van der Waals surface area contributed by atoms with E-state index in [0.29, 0.717) is 11.3 Å². The predicted molar refractivity (Wildman–Crippen MR) is 113 cm³/mol. The van der Waals surface area contributed by atoms with Crippen molar-refractivity contribution in [2.24, 2.45) is 0 Å². The highest BCUT2D eigenvalue weighted by molar-refractivity contribution is 9.10. The lowest BCUT2D eigenvalue weighted by molar-refractivity contribution is -0.136. The highest BCUT2D eigenvalue weighted by atomic mass is 79.9. The van der Waals surface area contributed by atoms with Crippen LogP contribution in [0.5, 0.6) is 11.5 Å². The van der Waals surface area contributed by atoms with Crippen LogP contribution in [0.3, 0.4) is 0 Å².